The van der Waals surface area contributed by atoms with Crippen LogP contribution in [0.5, 0.6) is 0 Å². The third kappa shape index (κ3) is 1.52. The van der Waals surface area contributed by atoms with E-state index in [1.165, 1.54) is 14.6 Å². The summed E-state index contributed by atoms with van der Waals surface area (Å²) in [6.45, 7) is 8.43. The fourth-order valence-electron chi connectivity index (χ4n) is 1.65. The quantitative estimate of drug-likeness (QED) is 0.672. The summed E-state index contributed by atoms with van der Waals surface area (Å²) in [7, 11) is 0. The number of hydrogen-bond donors (Lipinski definition) is 1. The SMILES string of the molecule is C=C1NC(C)(C)c2ccccc2[Se]1. The van der Waals surface area contributed by atoms with E-state index in [9.17, 15) is 0 Å². The zero-order valence-corrected chi connectivity index (χ0v) is 9.64. The van der Waals surface area contributed by atoms with Gasteiger partial charge in [-0.25, -0.2) is 0 Å². The monoisotopic (exact) mass is 239 g/mol. The number of benzene rings is 1. The van der Waals surface area contributed by atoms with E-state index in [2.05, 4.69) is 50.0 Å². The van der Waals surface area contributed by atoms with Crippen molar-refractivity contribution in [1.29, 1.82) is 0 Å². The second-order valence-corrected chi connectivity index (χ2v) is 6.16. The molecule has 0 spiro atoms. The topological polar surface area (TPSA) is 12.0 Å². The van der Waals surface area contributed by atoms with Crippen LogP contribution in [0.3, 0.4) is 0 Å². The minimum atomic E-state index is 0.0493. The van der Waals surface area contributed by atoms with Crippen molar-refractivity contribution in [2.24, 2.45) is 0 Å². The molecular formula is C11H13NSe. The molecule has 0 unspecified atom stereocenters. The van der Waals surface area contributed by atoms with E-state index < -0.39 is 0 Å². The molecule has 0 aromatic heterocycles. The maximum absolute atomic E-state index is 4.03. The van der Waals surface area contributed by atoms with Gasteiger partial charge in [0.15, 0.2) is 0 Å². The van der Waals surface area contributed by atoms with Crippen molar-refractivity contribution < 1.29 is 0 Å². The van der Waals surface area contributed by atoms with Crippen LogP contribution in [0.1, 0.15) is 19.4 Å². The Hall–Kier alpha value is -0.721. The molecule has 13 heavy (non-hydrogen) atoms. The van der Waals surface area contributed by atoms with E-state index in [0.29, 0.717) is 15.0 Å². The zero-order valence-electron chi connectivity index (χ0n) is 7.92. The van der Waals surface area contributed by atoms with Crippen LogP contribution in [-0.2, 0) is 5.54 Å². The Morgan fingerprint density at radius 2 is 2.00 bits per heavy atom. The molecule has 1 aliphatic rings. The molecule has 0 saturated heterocycles. The van der Waals surface area contributed by atoms with Gasteiger partial charge in [0.05, 0.1) is 0 Å². The molecule has 0 radical (unpaired) electrons. The molecule has 0 aliphatic carbocycles. The molecule has 2 rings (SSSR count). The number of hydrogen-bond acceptors (Lipinski definition) is 1. The molecule has 0 amide bonds. The van der Waals surface area contributed by atoms with Gasteiger partial charge in [0.1, 0.15) is 0 Å². The van der Waals surface area contributed by atoms with E-state index in [1.807, 2.05) is 0 Å². The van der Waals surface area contributed by atoms with Gasteiger partial charge < -0.3 is 0 Å². The molecule has 0 atom stereocenters. The fraction of sp³-hybridized carbons (Fsp3) is 0.273. The first-order valence-corrected chi connectivity index (χ1v) is 6.05. The minimum absolute atomic E-state index is 0.0493. The van der Waals surface area contributed by atoms with Gasteiger partial charge >= 0.3 is 85.1 Å². The average molecular weight is 238 g/mol. The van der Waals surface area contributed by atoms with Crippen LogP contribution in [0.25, 0.3) is 0 Å². The fourth-order valence-corrected chi connectivity index (χ4v) is 4.06. The first kappa shape index (κ1) is 8.86. The first-order chi connectivity index (χ1) is 6.09. The van der Waals surface area contributed by atoms with Crippen LogP contribution in [-0.4, -0.2) is 15.0 Å². The molecular weight excluding hydrogens is 225 g/mol. The van der Waals surface area contributed by atoms with Gasteiger partial charge in [-0.3, -0.25) is 0 Å². The summed E-state index contributed by atoms with van der Waals surface area (Å²) in [6, 6.07) is 8.63. The van der Waals surface area contributed by atoms with Gasteiger partial charge in [-0.2, -0.15) is 0 Å². The van der Waals surface area contributed by atoms with E-state index in [-0.39, 0.29) is 5.54 Å². The standard InChI is InChI=1S/C11H13NSe/c1-8-12-11(2,3)9-6-4-5-7-10(9)13-8/h4-7,12H,1H2,2-3H3. The van der Waals surface area contributed by atoms with E-state index in [4.69, 9.17) is 0 Å². The van der Waals surface area contributed by atoms with Crippen LogP contribution in [0.4, 0.5) is 0 Å². The maximum atomic E-state index is 4.03. The Morgan fingerprint density at radius 1 is 1.31 bits per heavy atom. The Labute approximate surface area is 85.4 Å². The van der Waals surface area contributed by atoms with E-state index in [0.717, 1.165) is 0 Å². The molecule has 1 heterocycles. The van der Waals surface area contributed by atoms with Gasteiger partial charge in [-0.05, 0) is 0 Å². The number of rotatable bonds is 0. The molecule has 0 saturated carbocycles. The van der Waals surface area contributed by atoms with E-state index >= 15 is 0 Å². The van der Waals surface area contributed by atoms with Crippen LogP contribution >= 0.6 is 0 Å². The van der Waals surface area contributed by atoms with Gasteiger partial charge in [0.25, 0.3) is 0 Å². The second-order valence-electron chi connectivity index (χ2n) is 3.77. The summed E-state index contributed by atoms with van der Waals surface area (Å²) in [5.41, 5.74) is 1.47. The molecule has 1 N–H and O–H groups in total. The summed E-state index contributed by atoms with van der Waals surface area (Å²) in [5.74, 6) is 0. The second kappa shape index (κ2) is 2.90. The Bertz CT molecular complexity index is 355. The van der Waals surface area contributed by atoms with Crippen LogP contribution in [0.15, 0.2) is 35.4 Å². The summed E-state index contributed by atoms with van der Waals surface area (Å²) < 4.78 is 2.64. The molecule has 0 fully saturated rings. The summed E-state index contributed by atoms with van der Waals surface area (Å²) >= 11 is 0.395. The van der Waals surface area contributed by atoms with Crippen molar-refractivity contribution in [2.75, 3.05) is 0 Å². The first-order valence-electron chi connectivity index (χ1n) is 4.34. The molecule has 0 bridgehead atoms. The Kier molecular flexibility index (Phi) is 1.98. The third-order valence-electron chi connectivity index (χ3n) is 2.25. The third-order valence-corrected chi connectivity index (χ3v) is 4.18. The molecule has 2 heteroatoms. The Morgan fingerprint density at radius 3 is 2.77 bits per heavy atom. The van der Waals surface area contributed by atoms with Crippen molar-refractivity contribution in [3.8, 4) is 0 Å². The van der Waals surface area contributed by atoms with Crippen molar-refractivity contribution in [3.05, 3.63) is 41.0 Å². The molecule has 1 aromatic rings. The predicted molar refractivity (Wildman–Crippen MR) is 57.1 cm³/mol. The molecule has 1 nitrogen and oxygen atoms in total. The summed E-state index contributed by atoms with van der Waals surface area (Å²) in [6.07, 6.45) is 0. The molecule has 68 valence electrons. The number of nitrogens with one attached hydrogen (secondary N) is 1. The molecule has 1 aromatic carbocycles. The zero-order chi connectivity index (χ0) is 9.47. The average Bonchev–Trinajstić information content (AvgIpc) is 2.02. The van der Waals surface area contributed by atoms with Gasteiger partial charge in [-0.15, -0.1) is 0 Å². The molecule has 1 aliphatic heterocycles. The van der Waals surface area contributed by atoms with Gasteiger partial charge in [0, 0.05) is 0 Å². The Balaban J connectivity index is 2.56. The van der Waals surface area contributed by atoms with Crippen LogP contribution in [0, 0.1) is 0 Å². The summed E-state index contributed by atoms with van der Waals surface area (Å²) in [5, 5.41) is 3.45. The van der Waals surface area contributed by atoms with Crippen molar-refractivity contribution in [2.45, 2.75) is 19.4 Å². The van der Waals surface area contributed by atoms with Gasteiger partial charge in [-0.1, -0.05) is 0 Å². The predicted octanol–water partition coefficient (Wildman–Crippen LogP) is 1.33. The van der Waals surface area contributed by atoms with Crippen LogP contribution < -0.4 is 9.78 Å². The van der Waals surface area contributed by atoms with Crippen molar-refractivity contribution >= 4 is 19.4 Å². The summed E-state index contributed by atoms with van der Waals surface area (Å²) in [4.78, 5) is 0. The van der Waals surface area contributed by atoms with Crippen molar-refractivity contribution in [3.63, 3.8) is 0 Å². The number of fused-ring (bicyclic) bond motifs is 1. The van der Waals surface area contributed by atoms with E-state index in [1.54, 1.807) is 0 Å². The van der Waals surface area contributed by atoms with Crippen LogP contribution in [0.2, 0.25) is 0 Å². The normalized spacial score (nSPS) is 19.1. The van der Waals surface area contributed by atoms with Crippen molar-refractivity contribution in [1.82, 2.24) is 5.32 Å². The van der Waals surface area contributed by atoms with Gasteiger partial charge in [0.2, 0.25) is 0 Å².